The Morgan fingerprint density at radius 3 is 2.51 bits per heavy atom. The van der Waals surface area contributed by atoms with E-state index in [1.54, 1.807) is 21.6 Å². The Hall–Kier alpha value is -2.84. The lowest BCUT2D eigenvalue weighted by atomic mass is 10.1. The molecule has 3 aromatic rings. The molecule has 4 nitrogen and oxygen atoms in total. The molecule has 0 spiro atoms. The number of fused-ring (bicyclic) bond motifs is 2. The highest BCUT2D eigenvalue weighted by Crippen LogP contribution is 2.49. The molecule has 0 bridgehead atoms. The molecule has 0 saturated carbocycles. The number of nitrogens with zero attached hydrogens (tertiary/aromatic N) is 2. The van der Waals surface area contributed by atoms with Gasteiger partial charge in [0.05, 0.1) is 16.3 Å². The van der Waals surface area contributed by atoms with Crippen LogP contribution in [0.1, 0.15) is 25.3 Å². The van der Waals surface area contributed by atoms with Crippen molar-refractivity contribution in [3.63, 3.8) is 0 Å². The van der Waals surface area contributed by atoms with E-state index in [1.165, 1.54) is 11.8 Å². The van der Waals surface area contributed by atoms with Gasteiger partial charge in [0.1, 0.15) is 4.32 Å². The van der Waals surface area contributed by atoms with Gasteiger partial charge in [-0.1, -0.05) is 95.9 Å². The van der Waals surface area contributed by atoms with Crippen LogP contribution in [0.3, 0.4) is 0 Å². The number of halogens is 1. The molecule has 0 aromatic heterocycles. The molecule has 2 amide bonds. The van der Waals surface area contributed by atoms with E-state index in [-0.39, 0.29) is 18.2 Å². The minimum absolute atomic E-state index is 0.0427. The van der Waals surface area contributed by atoms with E-state index in [9.17, 15) is 9.59 Å². The van der Waals surface area contributed by atoms with Gasteiger partial charge in [0.25, 0.3) is 5.91 Å². The minimum Gasteiger partial charge on any atom is -0.293 e. The van der Waals surface area contributed by atoms with Gasteiger partial charge in [-0.15, -0.1) is 0 Å². The lowest BCUT2D eigenvalue weighted by Gasteiger charge is -2.31. The summed E-state index contributed by atoms with van der Waals surface area (Å²) in [6.07, 6.45) is 4.68. The number of carbonyl (C=O) groups is 2. The number of rotatable bonds is 6. The number of allylic oxidation sites excluding steroid dienone is 2. The molecule has 1 fully saturated rings. The maximum atomic E-state index is 13.5. The van der Waals surface area contributed by atoms with Crippen LogP contribution < -0.4 is 4.90 Å². The first-order chi connectivity index (χ1) is 17.9. The van der Waals surface area contributed by atoms with Crippen LogP contribution in [0, 0.1) is 0 Å². The molecule has 3 aromatic carbocycles. The number of hydrogen-bond acceptors (Lipinski definition) is 5. The Balaban J connectivity index is 1.26. The number of amides is 2. The molecule has 0 aliphatic carbocycles. The van der Waals surface area contributed by atoms with Crippen molar-refractivity contribution in [2.75, 3.05) is 11.4 Å². The van der Waals surface area contributed by atoms with Gasteiger partial charge >= 0.3 is 0 Å². The number of thiocarbonyl (C=S) groups is 1. The number of thioether (sulfide) groups is 1. The average molecular weight is 563 g/mol. The second-order valence-electron chi connectivity index (χ2n) is 8.65. The minimum atomic E-state index is -0.111. The average Bonchev–Trinajstić information content (AvgIpc) is 3.15. The Morgan fingerprint density at radius 1 is 0.973 bits per heavy atom. The van der Waals surface area contributed by atoms with Gasteiger partial charge < -0.3 is 0 Å². The first-order valence-corrected chi connectivity index (χ1v) is 14.2. The van der Waals surface area contributed by atoms with E-state index in [4.69, 9.17) is 23.8 Å². The molecule has 5 rings (SSSR count). The summed E-state index contributed by atoms with van der Waals surface area (Å²) in [5.74, 6) is -0.154. The summed E-state index contributed by atoms with van der Waals surface area (Å²) in [4.78, 5) is 32.5. The van der Waals surface area contributed by atoms with Crippen molar-refractivity contribution in [3.8, 4) is 0 Å². The molecule has 1 saturated heterocycles. The number of anilines is 2. The summed E-state index contributed by atoms with van der Waals surface area (Å²) in [7, 11) is 0. The standard InChI is InChI=1S/C29H23ClN2O2S3/c1-19(16-20-8-3-2-4-9-20)17-26-28(34)31(29(35)37-26)15-7-12-27(33)32-22-10-5-6-11-24(22)36-25-14-13-21(30)18-23(25)32/h2-6,8-11,13-14,16-18H,7,12,15H2,1H3. The molecule has 37 heavy (non-hydrogen) atoms. The lowest BCUT2D eigenvalue weighted by Crippen LogP contribution is -2.32. The Kier molecular flexibility index (Phi) is 7.86. The van der Waals surface area contributed by atoms with Crippen LogP contribution >= 0.6 is 47.3 Å². The molecule has 186 valence electrons. The molecule has 0 atom stereocenters. The van der Waals surface area contributed by atoms with E-state index in [0.29, 0.717) is 27.2 Å². The molecule has 0 unspecified atom stereocenters. The quantitative estimate of drug-likeness (QED) is 0.224. The maximum Gasteiger partial charge on any atom is 0.266 e. The first-order valence-electron chi connectivity index (χ1n) is 11.8. The van der Waals surface area contributed by atoms with E-state index < -0.39 is 0 Å². The zero-order valence-electron chi connectivity index (χ0n) is 20.0. The van der Waals surface area contributed by atoms with E-state index in [0.717, 1.165) is 32.3 Å². The summed E-state index contributed by atoms with van der Waals surface area (Å²) in [6, 6.07) is 23.4. The van der Waals surface area contributed by atoms with Crippen molar-refractivity contribution in [2.45, 2.75) is 29.6 Å². The van der Waals surface area contributed by atoms with Crippen molar-refractivity contribution in [2.24, 2.45) is 0 Å². The summed E-state index contributed by atoms with van der Waals surface area (Å²) >= 11 is 14.7. The highest BCUT2D eigenvalue weighted by atomic mass is 35.5. The highest BCUT2D eigenvalue weighted by Gasteiger charge is 2.32. The molecule has 2 aliphatic rings. The van der Waals surface area contributed by atoms with Gasteiger partial charge in [0.2, 0.25) is 5.91 Å². The van der Waals surface area contributed by atoms with Crippen LogP contribution in [0.5, 0.6) is 0 Å². The van der Waals surface area contributed by atoms with Gasteiger partial charge in [0.15, 0.2) is 0 Å². The monoisotopic (exact) mass is 562 g/mol. The second-order valence-corrected chi connectivity index (χ2v) is 11.8. The topological polar surface area (TPSA) is 40.6 Å². The fourth-order valence-corrected chi connectivity index (χ4v) is 6.81. The summed E-state index contributed by atoms with van der Waals surface area (Å²) in [6.45, 7) is 2.36. The van der Waals surface area contributed by atoms with Gasteiger partial charge in [-0.25, -0.2) is 0 Å². The molecule has 0 radical (unpaired) electrons. The Morgan fingerprint density at radius 2 is 1.70 bits per heavy atom. The van der Waals surface area contributed by atoms with Crippen molar-refractivity contribution in [1.29, 1.82) is 0 Å². The maximum absolute atomic E-state index is 13.5. The molecular weight excluding hydrogens is 540 g/mol. The van der Waals surface area contributed by atoms with Crippen molar-refractivity contribution < 1.29 is 9.59 Å². The number of benzene rings is 3. The molecular formula is C29H23ClN2O2S3. The third kappa shape index (κ3) is 5.70. The zero-order valence-corrected chi connectivity index (χ0v) is 23.2. The predicted octanol–water partition coefficient (Wildman–Crippen LogP) is 8.10. The van der Waals surface area contributed by atoms with Crippen LogP contribution in [0.2, 0.25) is 5.02 Å². The molecule has 2 heterocycles. The van der Waals surface area contributed by atoms with E-state index >= 15 is 0 Å². The van der Waals surface area contributed by atoms with Crippen LogP contribution in [0.25, 0.3) is 6.08 Å². The van der Waals surface area contributed by atoms with Gasteiger partial charge in [-0.05, 0) is 60.9 Å². The van der Waals surface area contributed by atoms with Crippen LogP contribution in [0.15, 0.2) is 99.1 Å². The summed E-state index contributed by atoms with van der Waals surface area (Å²) < 4.78 is 0.521. The third-order valence-electron chi connectivity index (χ3n) is 5.94. The SMILES string of the molecule is CC(=Cc1ccccc1)C=C1SC(=S)N(CCCC(=O)N2c3ccccc3Sc3ccc(Cl)cc32)C1=O. The van der Waals surface area contributed by atoms with Gasteiger partial charge in [-0.3, -0.25) is 19.4 Å². The largest absolute Gasteiger partial charge is 0.293 e. The number of hydrogen-bond donors (Lipinski definition) is 0. The van der Waals surface area contributed by atoms with Crippen molar-refractivity contribution >= 4 is 80.9 Å². The molecule has 0 N–H and O–H groups in total. The van der Waals surface area contributed by atoms with E-state index in [2.05, 4.69) is 0 Å². The second kappa shape index (κ2) is 11.3. The fraction of sp³-hybridized carbons (Fsp3) is 0.138. The highest BCUT2D eigenvalue weighted by molar-refractivity contribution is 8.26. The van der Waals surface area contributed by atoms with Crippen LogP contribution in [-0.2, 0) is 9.59 Å². The lowest BCUT2D eigenvalue weighted by molar-refractivity contribution is -0.123. The summed E-state index contributed by atoms with van der Waals surface area (Å²) in [5.41, 5.74) is 3.68. The van der Waals surface area contributed by atoms with E-state index in [1.807, 2.05) is 91.9 Å². The van der Waals surface area contributed by atoms with Gasteiger partial charge in [-0.2, -0.15) is 0 Å². The Bertz CT molecular complexity index is 1450. The molecule has 8 heteroatoms. The molecule has 2 aliphatic heterocycles. The number of carbonyl (C=O) groups excluding carboxylic acids is 2. The Labute approximate surface area is 235 Å². The first kappa shape index (κ1) is 25.8. The fourth-order valence-electron chi connectivity index (χ4n) is 4.25. The van der Waals surface area contributed by atoms with Gasteiger partial charge in [0, 0.05) is 27.8 Å². The van der Waals surface area contributed by atoms with Crippen molar-refractivity contribution in [1.82, 2.24) is 4.90 Å². The normalized spacial score (nSPS) is 16.3. The predicted molar refractivity (Wildman–Crippen MR) is 158 cm³/mol. The zero-order chi connectivity index (χ0) is 25.9. The van der Waals surface area contributed by atoms with Crippen LogP contribution in [-0.4, -0.2) is 27.6 Å². The van der Waals surface area contributed by atoms with Crippen molar-refractivity contribution in [3.05, 3.63) is 99.9 Å². The number of para-hydroxylation sites is 1. The third-order valence-corrected chi connectivity index (χ3v) is 8.68. The smallest absolute Gasteiger partial charge is 0.266 e. The van der Waals surface area contributed by atoms with Crippen LogP contribution in [0.4, 0.5) is 11.4 Å². The summed E-state index contributed by atoms with van der Waals surface area (Å²) in [5, 5.41) is 0.581.